The van der Waals surface area contributed by atoms with Gasteiger partial charge < -0.3 is 0 Å². The van der Waals surface area contributed by atoms with Crippen molar-refractivity contribution in [3.05, 3.63) is 45.4 Å². The van der Waals surface area contributed by atoms with E-state index in [0.717, 1.165) is 16.8 Å². The van der Waals surface area contributed by atoms with E-state index < -0.39 is 5.41 Å². The van der Waals surface area contributed by atoms with Crippen LogP contribution in [0.4, 0.5) is 11.5 Å². The van der Waals surface area contributed by atoms with Gasteiger partial charge >= 0.3 is 0 Å². The van der Waals surface area contributed by atoms with Crippen molar-refractivity contribution in [2.24, 2.45) is 0 Å². The summed E-state index contributed by atoms with van der Waals surface area (Å²) in [5.41, 5.74) is 7.38. The fraction of sp³-hybridized carbons (Fsp3) is 0.389. The van der Waals surface area contributed by atoms with Crippen LogP contribution in [0, 0.1) is 27.7 Å². The molecule has 3 rings (SSSR count). The Morgan fingerprint density at radius 3 is 2.25 bits per heavy atom. The van der Waals surface area contributed by atoms with E-state index in [1.807, 2.05) is 27.7 Å². The number of halogens is 1. The molecule has 0 aliphatic carbocycles. The first-order valence-corrected chi connectivity index (χ1v) is 8.24. The molecular weight excluding hydrogens is 324 g/mol. The predicted molar refractivity (Wildman–Crippen MR) is 96.6 cm³/mol. The monoisotopic (exact) mass is 344 g/mol. The Morgan fingerprint density at radius 2 is 1.67 bits per heavy atom. The smallest absolute Gasteiger partial charge is 0.257 e. The molecule has 1 aromatic carbocycles. The minimum Gasteiger partial charge on any atom is -0.289 e. The molecule has 24 heavy (non-hydrogen) atoms. The number of carbonyl (C=O) groups excluding carboxylic acids is 1. The Hall–Kier alpha value is -2.14. The number of fused-ring (bicyclic) bond motifs is 1. The molecule has 1 aliphatic rings. The summed E-state index contributed by atoms with van der Waals surface area (Å²) in [7, 11) is 0. The molecule has 1 aliphatic heterocycles. The molecule has 0 saturated carbocycles. The molecule has 1 amide bonds. The average molecular weight is 345 g/mol. The Bertz CT molecular complexity index is 837. The molecule has 5 nitrogen and oxygen atoms in total. The van der Waals surface area contributed by atoms with Gasteiger partial charge in [0, 0.05) is 5.56 Å². The van der Waals surface area contributed by atoms with E-state index in [1.165, 1.54) is 10.6 Å². The molecule has 0 spiro atoms. The summed E-state index contributed by atoms with van der Waals surface area (Å²) >= 11 is 6.32. The van der Waals surface area contributed by atoms with Gasteiger partial charge in [0.1, 0.15) is 11.0 Å². The standard InChI is InChI=1S/C18H21ClN4O/c1-9-7-10(2)14(11(3)8-9)22-23-16-13(18(5,6)17(23)24)15(19)20-12(4)21-16/h7-8,22H,1-6H3. The molecule has 2 aromatic rings. The highest BCUT2D eigenvalue weighted by atomic mass is 35.5. The predicted octanol–water partition coefficient (Wildman–Crippen LogP) is 4.01. The van der Waals surface area contributed by atoms with Crippen molar-refractivity contribution >= 4 is 29.0 Å². The highest BCUT2D eigenvalue weighted by Gasteiger charge is 2.48. The third-order valence-electron chi connectivity index (χ3n) is 4.43. The van der Waals surface area contributed by atoms with Crippen molar-refractivity contribution in [3.63, 3.8) is 0 Å². The SMILES string of the molecule is Cc1cc(C)c(NN2C(=O)C(C)(C)c3c(Cl)nc(C)nc32)c(C)c1. The van der Waals surface area contributed by atoms with Gasteiger partial charge in [-0.2, -0.15) is 0 Å². The topological polar surface area (TPSA) is 58.1 Å². The molecule has 126 valence electrons. The van der Waals surface area contributed by atoms with E-state index >= 15 is 0 Å². The number of hydrogen-bond donors (Lipinski definition) is 1. The minimum absolute atomic E-state index is 0.0984. The van der Waals surface area contributed by atoms with Crippen LogP contribution in [0.2, 0.25) is 5.15 Å². The lowest BCUT2D eigenvalue weighted by Gasteiger charge is -2.23. The Kier molecular flexibility index (Phi) is 3.79. The Labute approximate surface area is 147 Å². The number of carbonyl (C=O) groups is 1. The van der Waals surface area contributed by atoms with Crippen LogP contribution in [0.1, 0.15) is 41.9 Å². The van der Waals surface area contributed by atoms with Gasteiger partial charge in [0.05, 0.1) is 11.1 Å². The molecule has 0 bridgehead atoms. The average Bonchev–Trinajstić information content (AvgIpc) is 2.62. The van der Waals surface area contributed by atoms with Gasteiger partial charge in [-0.05, 0) is 52.7 Å². The summed E-state index contributed by atoms with van der Waals surface area (Å²) in [4.78, 5) is 21.7. The molecular formula is C18H21ClN4O. The molecule has 6 heteroatoms. The number of benzene rings is 1. The van der Waals surface area contributed by atoms with Crippen LogP contribution in [0.15, 0.2) is 12.1 Å². The van der Waals surface area contributed by atoms with Gasteiger partial charge in [-0.15, -0.1) is 0 Å². The van der Waals surface area contributed by atoms with Gasteiger partial charge in [-0.25, -0.2) is 15.0 Å². The summed E-state index contributed by atoms with van der Waals surface area (Å²) in [6.45, 7) is 11.5. The van der Waals surface area contributed by atoms with Gasteiger partial charge in [0.25, 0.3) is 5.91 Å². The van der Waals surface area contributed by atoms with Gasteiger partial charge in [0.2, 0.25) is 0 Å². The highest BCUT2D eigenvalue weighted by molar-refractivity contribution is 6.32. The molecule has 1 N–H and O–H groups in total. The van der Waals surface area contributed by atoms with E-state index in [9.17, 15) is 4.79 Å². The zero-order valence-electron chi connectivity index (χ0n) is 14.8. The molecule has 0 fully saturated rings. The number of anilines is 2. The quantitative estimate of drug-likeness (QED) is 0.836. The van der Waals surface area contributed by atoms with E-state index in [0.29, 0.717) is 22.4 Å². The van der Waals surface area contributed by atoms with E-state index in [2.05, 4.69) is 34.5 Å². The van der Waals surface area contributed by atoms with Gasteiger partial charge in [-0.3, -0.25) is 10.2 Å². The van der Waals surface area contributed by atoms with Crippen molar-refractivity contribution in [3.8, 4) is 0 Å². The molecule has 0 atom stereocenters. The maximum atomic E-state index is 13.0. The lowest BCUT2D eigenvalue weighted by Crippen LogP contribution is -2.40. The normalized spacial score (nSPS) is 15.6. The van der Waals surface area contributed by atoms with Crippen LogP contribution >= 0.6 is 11.6 Å². The second-order valence-electron chi connectivity index (χ2n) is 6.91. The fourth-order valence-corrected chi connectivity index (χ4v) is 3.72. The second-order valence-corrected chi connectivity index (χ2v) is 7.27. The highest BCUT2D eigenvalue weighted by Crippen LogP contribution is 2.43. The third kappa shape index (κ3) is 2.44. The number of nitrogens with zero attached hydrogens (tertiary/aromatic N) is 3. The third-order valence-corrected chi connectivity index (χ3v) is 4.71. The zero-order valence-corrected chi connectivity index (χ0v) is 15.5. The number of nitrogens with one attached hydrogen (secondary N) is 1. The lowest BCUT2D eigenvalue weighted by molar-refractivity contribution is -0.121. The van der Waals surface area contributed by atoms with Crippen molar-refractivity contribution < 1.29 is 4.79 Å². The van der Waals surface area contributed by atoms with Crippen LogP contribution < -0.4 is 10.4 Å². The molecule has 0 unspecified atom stereocenters. The summed E-state index contributed by atoms with van der Waals surface area (Å²) < 4.78 is 0. The minimum atomic E-state index is -0.778. The van der Waals surface area contributed by atoms with Crippen LogP contribution in [0.3, 0.4) is 0 Å². The zero-order chi connectivity index (χ0) is 17.8. The van der Waals surface area contributed by atoms with Gasteiger partial charge in [-0.1, -0.05) is 29.3 Å². The number of hydrogen-bond acceptors (Lipinski definition) is 4. The van der Waals surface area contributed by atoms with Crippen molar-refractivity contribution in [1.82, 2.24) is 9.97 Å². The second kappa shape index (κ2) is 5.45. The van der Waals surface area contributed by atoms with Crippen LogP contribution in [-0.2, 0) is 10.2 Å². The first-order chi connectivity index (χ1) is 11.1. The molecule has 0 saturated heterocycles. The van der Waals surface area contributed by atoms with Crippen molar-refractivity contribution in [1.29, 1.82) is 0 Å². The largest absolute Gasteiger partial charge is 0.289 e. The van der Waals surface area contributed by atoms with Crippen molar-refractivity contribution in [2.75, 3.05) is 10.4 Å². The summed E-state index contributed by atoms with van der Waals surface area (Å²) in [5.74, 6) is 0.967. The van der Waals surface area contributed by atoms with Crippen LogP contribution in [0.25, 0.3) is 0 Å². The first kappa shape index (κ1) is 16.7. The Balaban J connectivity index is 2.13. The molecule has 1 aromatic heterocycles. The van der Waals surface area contributed by atoms with E-state index in [1.54, 1.807) is 6.92 Å². The summed E-state index contributed by atoms with van der Waals surface area (Å²) in [6, 6.07) is 4.17. The summed E-state index contributed by atoms with van der Waals surface area (Å²) in [5, 5.41) is 1.83. The van der Waals surface area contributed by atoms with E-state index in [-0.39, 0.29) is 5.91 Å². The van der Waals surface area contributed by atoms with Crippen LogP contribution in [-0.4, -0.2) is 15.9 Å². The maximum absolute atomic E-state index is 13.0. The summed E-state index contributed by atoms with van der Waals surface area (Å²) in [6.07, 6.45) is 0. The molecule has 2 heterocycles. The number of rotatable bonds is 2. The fourth-order valence-electron chi connectivity index (χ4n) is 3.28. The Morgan fingerprint density at radius 1 is 1.08 bits per heavy atom. The number of hydrazine groups is 1. The van der Waals surface area contributed by atoms with Crippen molar-refractivity contribution in [2.45, 2.75) is 47.0 Å². The first-order valence-electron chi connectivity index (χ1n) is 7.86. The lowest BCUT2D eigenvalue weighted by atomic mass is 9.88. The van der Waals surface area contributed by atoms with Crippen LogP contribution in [0.5, 0.6) is 0 Å². The number of amides is 1. The van der Waals surface area contributed by atoms with E-state index in [4.69, 9.17) is 11.6 Å². The maximum Gasteiger partial charge on any atom is 0.257 e. The number of aromatic nitrogens is 2. The molecule has 0 radical (unpaired) electrons. The van der Waals surface area contributed by atoms with Gasteiger partial charge in [0.15, 0.2) is 5.82 Å². The number of aryl methyl sites for hydroxylation is 4.